The number of hydrogen-bond acceptors (Lipinski definition) is 2. The Bertz CT molecular complexity index is 459. The highest BCUT2D eigenvalue weighted by molar-refractivity contribution is 9.10. The van der Waals surface area contributed by atoms with Gasteiger partial charge in [-0.2, -0.15) is 0 Å². The zero-order valence-electron chi connectivity index (χ0n) is 11.0. The Morgan fingerprint density at radius 3 is 2.84 bits per heavy atom. The predicted molar refractivity (Wildman–Crippen MR) is 80.1 cm³/mol. The van der Waals surface area contributed by atoms with E-state index in [4.69, 9.17) is 5.84 Å². The topological polar surface area (TPSA) is 38.0 Å². The van der Waals surface area contributed by atoms with Crippen molar-refractivity contribution in [2.45, 2.75) is 44.6 Å². The molecule has 1 aromatic carbocycles. The van der Waals surface area contributed by atoms with Gasteiger partial charge >= 0.3 is 0 Å². The number of allylic oxidation sites excluding steroid dienone is 1. The van der Waals surface area contributed by atoms with Crippen LogP contribution in [0.2, 0.25) is 0 Å². The second-order valence-corrected chi connectivity index (χ2v) is 5.89. The Labute approximate surface area is 122 Å². The highest BCUT2D eigenvalue weighted by atomic mass is 79.9. The molecule has 0 aliphatic heterocycles. The minimum absolute atomic E-state index is 0.155. The van der Waals surface area contributed by atoms with Crippen molar-refractivity contribution in [2.24, 2.45) is 5.84 Å². The van der Waals surface area contributed by atoms with Gasteiger partial charge in [-0.05, 0) is 66.1 Å². The van der Waals surface area contributed by atoms with Crippen LogP contribution in [0, 0.1) is 5.82 Å². The summed E-state index contributed by atoms with van der Waals surface area (Å²) in [6.45, 7) is 0. The van der Waals surface area contributed by atoms with Gasteiger partial charge in [0.25, 0.3) is 0 Å². The molecule has 0 amide bonds. The van der Waals surface area contributed by atoms with E-state index in [1.165, 1.54) is 37.3 Å². The summed E-state index contributed by atoms with van der Waals surface area (Å²) in [5, 5.41) is 0. The van der Waals surface area contributed by atoms with Crippen molar-refractivity contribution in [2.75, 3.05) is 0 Å². The largest absolute Gasteiger partial charge is 0.271 e. The maximum absolute atomic E-state index is 13.5. The molecule has 2 nitrogen and oxygen atoms in total. The predicted octanol–water partition coefficient (Wildman–Crippen LogP) is 3.85. The number of nitrogens with two attached hydrogens (primary N) is 1. The fourth-order valence-electron chi connectivity index (χ4n) is 2.57. The normalized spacial score (nSPS) is 17.1. The van der Waals surface area contributed by atoms with Crippen molar-refractivity contribution in [3.05, 3.63) is 45.7 Å². The van der Waals surface area contributed by atoms with Crippen molar-refractivity contribution in [1.29, 1.82) is 0 Å². The van der Waals surface area contributed by atoms with Crippen LogP contribution in [-0.2, 0) is 6.42 Å². The standard InChI is InChI=1S/C15H20BrFN2/c16-15-12(7-4-8-14(15)17)10-13(19-18)9-11-5-2-1-3-6-11/h4-5,7-8,13,19H,1-3,6,9-10,18H2. The van der Waals surface area contributed by atoms with Crippen LogP contribution in [0.3, 0.4) is 0 Å². The van der Waals surface area contributed by atoms with Crippen LogP contribution >= 0.6 is 15.9 Å². The second kappa shape index (κ2) is 7.17. The summed E-state index contributed by atoms with van der Waals surface area (Å²) < 4.78 is 14.0. The fourth-order valence-corrected chi connectivity index (χ4v) is 2.99. The van der Waals surface area contributed by atoms with Gasteiger partial charge in [-0.3, -0.25) is 11.3 Å². The lowest BCUT2D eigenvalue weighted by Crippen LogP contribution is -2.37. The van der Waals surface area contributed by atoms with E-state index >= 15 is 0 Å². The molecule has 1 aromatic rings. The molecule has 0 fully saturated rings. The minimum atomic E-state index is -0.217. The molecule has 0 saturated heterocycles. The SMILES string of the molecule is NNC(CC1=CCCCC1)Cc1cccc(F)c1Br. The summed E-state index contributed by atoms with van der Waals surface area (Å²) in [5.41, 5.74) is 5.29. The first-order chi connectivity index (χ1) is 9.20. The van der Waals surface area contributed by atoms with E-state index in [-0.39, 0.29) is 11.9 Å². The maximum atomic E-state index is 13.5. The Hall–Kier alpha value is -0.710. The van der Waals surface area contributed by atoms with Crippen LogP contribution in [0.15, 0.2) is 34.3 Å². The highest BCUT2D eigenvalue weighted by Gasteiger charge is 2.15. The van der Waals surface area contributed by atoms with Crippen molar-refractivity contribution in [3.63, 3.8) is 0 Å². The average Bonchev–Trinajstić information content (AvgIpc) is 2.44. The summed E-state index contributed by atoms with van der Waals surface area (Å²) in [4.78, 5) is 0. The third-order valence-corrected chi connectivity index (χ3v) is 4.52. The van der Waals surface area contributed by atoms with Crippen LogP contribution in [0.1, 0.15) is 37.7 Å². The smallest absolute Gasteiger partial charge is 0.137 e. The first-order valence-corrected chi connectivity index (χ1v) is 7.57. The summed E-state index contributed by atoms with van der Waals surface area (Å²) in [5.74, 6) is 5.42. The van der Waals surface area contributed by atoms with Crippen LogP contribution in [0.25, 0.3) is 0 Å². The van der Waals surface area contributed by atoms with Gasteiger partial charge in [-0.25, -0.2) is 4.39 Å². The third-order valence-electron chi connectivity index (χ3n) is 3.63. The van der Waals surface area contributed by atoms with E-state index in [0.717, 1.165) is 18.4 Å². The van der Waals surface area contributed by atoms with Gasteiger partial charge in [-0.1, -0.05) is 23.8 Å². The first-order valence-electron chi connectivity index (χ1n) is 6.77. The van der Waals surface area contributed by atoms with E-state index in [1.807, 2.05) is 6.07 Å². The molecule has 19 heavy (non-hydrogen) atoms. The number of halogens is 2. The summed E-state index contributed by atoms with van der Waals surface area (Å²) in [6, 6.07) is 5.29. The van der Waals surface area contributed by atoms with E-state index in [2.05, 4.69) is 27.4 Å². The Morgan fingerprint density at radius 2 is 2.16 bits per heavy atom. The number of rotatable bonds is 5. The second-order valence-electron chi connectivity index (χ2n) is 5.09. The van der Waals surface area contributed by atoms with Gasteiger partial charge in [0.2, 0.25) is 0 Å². The number of benzene rings is 1. The lowest BCUT2D eigenvalue weighted by Gasteiger charge is -2.20. The van der Waals surface area contributed by atoms with Crippen LogP contribution in [-0.4, -0.2) is 6.04 Å². The van der Waals surface area contributed by atoms with E-state index < -0.39 is 0 Å². The van der Waals surface area contributed by atoms with Gasteiger partial charge in [0.15, 0.2) is 0 Å². The molecular formula is C15H20BrFN2. The fraction of sp³-hybridized carbons (Fsp3) is 0.467. The lowest BCUT2D eigenvalue weighted by atomic mass is 9.92. The molecule has 0 heterocycles. The molecular weight excluding hydrogens is 307 g/mol. The lowest BCUT2D eigenvalue weighted by molar-refractivity contribution is 0.502. The molecule has 1 aliphatic carbocycles. The monoisotopic (exact) mass is 326 g/mol. The van der Waals surface area contributed by atoms with Crippen molar-refractivity contribution < 1.29 is 4.39 Å². The maximum Gasteiger partial charge on any atom is 0.137 e. The zero-order chi connectivity index (χ0) is 13.7. The van der Waals surface area contributed by atoms with E-state index in [0.29, 0.717) is 4.47 Å². The van der Waals surface area contributed by atoms with Crippen LogP contribution < -0.4 is 11.3 Å². The molecule has 2 rings (SSSR count). The molecule has 0 saturated carbocycles. The number of nitrogens with one attached hydrogen (secondary N) is 1. The van der Waals surface area contributed by atoms with Gasteiger partial charge < -0.3 is 0 Å². The minimum Gasteiger partial charge on any atom is -0.271 e. The third kappa shape index (κ3) is 4.13. The average molecular weight is 327 g/mol. The van der Waals surface area contributed by atoms with Gasteiger partial charge in [0.05, 0.1) is 4.47 Å². The quantitative estimate of drug-likeness (QED) is 0.490. The molecule has 104 valence electrons. The molecule has 1 aliphatic rings. The van der Waals surface area contributed by atoms with Gasteiger partial charge in [0.1, 0.15) is 5.82 Å². The molecule has 3 N–H and O–H groups in total. The number of hydrogen-bond donors (Lipinski definition) is 2. The summed E-state index contributed by atoms with van der Waals surface area (Å²) in [6.07, 6.45) is 8.91. The van der Waals surface area contributed by atoms with Crippen molar-refractivity contribution >= 4 is 15.9 Å². The Kier molecular flexibility index (Phi) is 5.55. The van der Waals surface area contributed by atoms with Crippen LogP contribution in [0.4, 0.5) is 4.39 Å². The number of hydrazine groups is 1. The Balaban J connectivity index is 2.02. The molecule has 1 atom stereocenters. The zero-order valence-corrected chi connectivity index (χ0v) is 12.5. The van der Waals surface area contributed by atoms with Gasteiger partial charge in [-0.15, -0.1) is 0 Å². The molecule has 4 heteroatoms. The van der Waals surface area contributed by atoms with E-state index in [1.54, 1.807) is 6.07 Å². The Morgan fingerprint density at radius 1 is 1.32 bits per heavy atom. The summed E-state index contributed by atoms with van der Waals surface area (Å²) in [7, 11) is 0. The molecule has 0 aromatic heterocycles. The van der Waals surface area contributed by atoms with Gasteiger partial charge in [0, 0.05) is 6.04 Å². The molecule has 1 unspecified atom stereocenters. The molecule has 0 spiro atoms. The molecule has 0 bridgehead atoms. The molecule has 0 radical (unpaired) electrons. The van der Waals surface area contributed by atoms with Crippen molar-refractivity contribution in [3.8, 4) is 0 Å². The first kappa shape index (κ1) is 14.7. The highest BCUT2D eigenvalue weighted by Crippen LogP contribution is 2.25. The van der Waals surface area contributed by atoms with Crippen LogP contribution in [0.5, 0.6) is 0 Å². The van der Waals surface area contributed by atoms with E-state index in [9.17, 15) is 4.39 Å². The van der Waals surface area contributed by atoms with Crippen molar-refractivity contribution in [1.82, 2.24) is 5.43 Å². The summed E-state index contributed by atoms with van der Waals surface area (Å²) >= 11 is 3.30.